The van der Waals surface area contributed by atoms with Crippen molar-refractivity contribution in [3.8, 4) is 11.1 Å². The third-order valence-corrected chi connectivity index (χ3v) is 2.88. The zero-order valence-corrected chi connectivity index (χ0v) is 10.1. The minimum absolute atomic E-state index is 0.152. The molecule has 0 saturated carbocycles. The normalized spacial score (nSPS) is 11.0. The van der Waals surface area contributed by atoms with E-state index in [2.05, 4.69) is 4.37 Å². The van der Waals surface area contributed by atoms with Gasteiger partial charge in [0.05, 0.1) is 0 Å². The lowest BCUT2D eigenvalue weighted by atomic mass is 10.1. The van der Waals surface area contributed by atoms with Gasteiger partial charge in [0.2, 0.25) is 0 Å². The maximum atomic E-state index is 13.5. The van der Waals surface area contributed by atoms with Gasteiger partial charge >= 0.3 is 0 Å². The molecule has 4 heteroatoms. The topological polar surface area (TPSA) is 16.1 Å². The summed E-state index contributed by atoms with van der Waals surface area (Å²) in [6.07, 6.45) is 1.80. The van der Waals surface area contributed by atoms with Crippen LogP contribution in [0.1, 0.15) is 5.56 Å². The summed E-state index contributed by atoms with van der Waals surface area (Å²) in [6, 6.07) is 5.20. The second kappa shape index (κ2) is 4.72. The number of benzene rings is 1. The first kappa shape index (κ1) is 11.2. The van der Waals surface area contributed by atoms with Crippen LogP contribution in [0.4, 0.5) is 4.39 Å². The molecule has 0 radical (unpaired) electrons. The van der Waals surface area contributed by atoms with Crippen LogP contribution in [-0.2, 0) is 6.54 Å². The SMILES string of the molecule is CN(C)Cc1cc(-c2cnsc2)ccc1F. The predicted molar refractivity (Wildman–Crippen MR) is 64.9 cm³/mol. The van der Waals surface area contributed by atoms with Crippen molar-refractivity contribution in [2.75, 3.05) is 14.1 Å². The van der Waals surface area contributed by atoms with Crippen LogP contribution < -0.4 is 0 Å². The van der Waals surface area contributed by atoms with Crippen molar-refractivity contribution in [2.24, 2.45) is 0 Å². The molecule has 2 rings (SSSR count). The largest absolute Gasteiger partial charge is 0.305 e. The van der Waals surface area contributed by atoms with E-state index < -0.39 is 0 Å². The first-order valence-corrected chi connectivity index (χ1v) is 5.83. The Kier molecular flexibility index (Phi) is 3.31. The maximum Gasteiger partial charge on any atom is 0.127 e. The van der Waals surface area contributed by atoms with Crippen LogP contribution in [0.15, 0.2) is 29.8 Å². The Balaban J connectivity index is 2.36. The predicted octanol–water partition coefficient (Wildman–Crippen LogP) is 3.01. The smallest absolute Gasteiger partial charge is 0.127 e. The van der Waals surface area contributed by atoms with Gasteiger partial charge in [-0.2, -0.15) is 0 Å². The third kappa shape index (κ3) is 2.46. The second-order valence-electron chi connectivity index (χ2n) is 3.96. The monoisotopic (exact) mass is 236 g/mol. The highest BCUT2D eigenvalue weighted by atomic mass is 32.1. The minimum Gasteiger partial charge on any atom is -0.305 e. The van der Waals surface area contributed by atoms with Crippen molar-refractivity contribution in [3.05, 3.63) is 41.2 Å². The van der Waals surface area contributed by atoms with Crippen molar-refractivity contribution in [3.63, 3.8) is 0 Å². The number of halogens is 1. The van der Waals surface area contributed by atoms with Crippen LogP contribution in [0.25, 0.3) is 11.1 Å². The number of rotatable bonds is 3. The molecule has 0 bridgehead atoms. The summed E-state index contributed by atoms with van der Waals surface area (Å²) in [6.45, 7) is 0.608. The highest BCUT2D eigenvalue weighted by Gasteiger charge is 2.06. The molecule has 1 heterocycles. The Labute approximate surface area is 98.5 Å². The van der Waals surface area contributed by atoms with E-state index in [9.17, 15) is 4.39 Å². The van der Waals surface area contributed by atoms with E-state index in [1.165, 1.54) is 17.6 Å². The van der Waals surface area contributed by atoms with E-state index in [-0.39, 0.29) is 5.82 Å². The van der Waals surface area contributed by atoms with Gasteiger partial charge in [0.15, 0.2) is 0 Å². The summed E-state index contributed by atoms with van der Waals surface area (Å²) in [4.78, 5) is 1.95. The van der Waals surface area contributed by atoms with E-state index >= 15 is 0 Å². The van der Waals surface area contributed by atoms with Crippen molar-refractivity contribution in [1.82, 2.24) is 9.27 Å². The Hall–Kier alpha value is -1.26. The lowest BCUT2D eigenvalue weighted by molar-refractivity contribution is 0.392. The molecule has 2 nitrogen and oxygen atoms in total. The van der Waals surface area contributed by atoms with E-state index in [1.807, 2.05) is 30.4 Å². The van der Waals surface area contributed by atoms with E-state index in [0.717, 1.165) is 11.1 Å². The quantitative estimate of drug-likeness (QED) is 0.814. The summed E-state index contributed by atoms with van der Waals surface area (Å²) >= 11 is 1.40. The van der Waals surface area contributed by atoms with Crippen LogP contribution >= 0.6 is 11.5 Å². The fraction of sp³-hybridized carbons (Fsp3) is 0.250. The molecule has 0 fully saturated rings. The Bertz CT molecular complexity index is 466. The molecule has 0 saturated heterocycles. The fourth-order valence-electron chi connectivity index (χ4n) is 1.56. The molecule has 0 aliphatic heterocycles. The fourth-order valence-corrected chi connectivity index (χ4v) is 2.11. The molecule has 0 aliphatic carbocycles. The Morgan fingerprint density at radius 1 is 1.31 bits per heavy atom. The molecule has 1 aromatic heterocycles. The van der Waals surface area contributed by atoms with Gasteiger partial charge in [-0.3, -0.25) is 0 Å². The highest BCUT2D eigenvalue weighted by molar-refractivity contribution is 7.03. The first-order valence-electron chi connectivity index (χ1n) is 5.00. The summed E-state index contributed by atoms with van der Waals surface area (Å²) in [5, 5.41) is 1.96. The van der Waals surface area contributed by atoms with Gasteiger partial charge in [-0.15, -0.1) is 0 Å². The zero-order valence-electron chi connectivity index (χ0n) is 9.27. The molecule has 0 amide bonds. The molecule has 0 spiro atoms. The lowest BCUT2D eigenvalue weighted by Gasteiger charge is -2.11. The maximum absolute atomic E-state index is 13.5. The average Bonchev–Trinajstić information content (AvgIpc) is 2.73. The lowest BCUT2D eigenvalue weighted by Crippen LogP contribution is -2.11. The standard InChI is InChI=1S/C12H13FN2S/c1-15(2)7-10-5-9(3-4-12(10)13)11-6-14-16-8-11/h3-6,8H,7H2,1-2H3. The first-order chi connectivity index (χ1) is 7.66. The minimum atomic E-state index is -0.152. The molecule has 0 unspecified atom stereocenters. The van der Waals surface area contributed by atoms with Crippen LogP contribution in [0.2, 0.25) is 0 Å². The van der Waals surface area contributed by atoms with Crippen molar-refractivity contribution in [2.45, 2.75) is 6.54 Å². The zero-order chi connectivity index (χ0) is 11.5. The molecule has 0 aliphatic rings. The third-order valence-electron chi connectivity index (χ3n) is 2.30. The molecule has 84 valence electrons. The molecule has 16 heavy (non-hydrogen) atoms. The Morgan fingerprint density at radius 3 is 2.75 bits per heavy atom. The van der Waals surface area contributed by atoms with Crippen molar-refractivity contribution >= 4 is 11.5 Å². The van der Waals surface area contributed by atoms with E-state index in [0.29, 0.717) is 12.1 Å². The second-order valence-corrected chi connectivity index (χ2v) is 4.61. The molecular weight excluding hydrogens is 223 g/mol. The molecular formula is C12H13FN2S. The Morgan fingerprint density at radius 2 is 2.12 bits per heavy atom. The van der Waals surface area contributed by atoms with Gasteiger partial charge in [0.25, 0.3) is 0 Å². The number of hydrogen-bond donors (Lipinski definition) is 0. The van der Waals surface area contributed by atoms with E-state index in [4.69, 9.17) is 0 Å². The summed E-state index contributed by atoms with van der Waals surface area (Å²) in [7, 11) is 3.86. The van der Waals surface area contributed by atoms with Gasteiger partial charge in [-0.1, -0.05) is 6.07 Å². The van der Waals surface area contributed by atoms with E-state index in [1.54, 1.807) is 12.3 Å². The summed E-state index contributed by atoms with van der Waals surface area (Å²) in [5.74, 6) is -0.152. The average molecular weight is 236 g/mol. The number of nitrogens with zero attached hydrogens (tertiary/aromatic N) is 2. The molecule has 0 atom stereocenters. The number of aromatic nitrogens is 1. The van der Waals surface area contributed by atoms with Gasteiger partial charge in [-0.05, 0) is 43.3 Å². The van der Waals surface area contributed by atoms with Gasteiger partial charge < -0.3 is 4.90 Å². The summed E-state index contributed by atoms with van der Waals surface area (Å²) < 4.78 is 17.6. The van der Waals surface area contributed by atoms with Gasteiger partial charge in [0.1, 0.15) is 5.82 Å². The molecule has 0 N–H and O–H groups in total. The number of hydrogen-bond acceptors (Lipinski definition) is 3. The molecule has 1 aromatic carbocycles. The van der Waals surface area contributed by atoms with Gasteiger partial charge in [-0.25, -0.2) is 8.76 Å². The highest BCUT2D eigenvalue weighted by Crippen LogP contribution is 2.23. The van der Waals surface area contributed by atoms with Crippen molar-refractivity contribution in [1.29, 1.82) is 0 Å². The van der Waals surface area contributed by atoms with Crippen LogP contribution in [0, 0.1) is 5.82 Å². The van der Waals surface area contributed by atoms with Crippen molar-refractivity contribution < 1.29 is 4.39 Å². The van der Waals surface area contributed by atoms with Crippen LogP contribution in [0.5, 0.6) is 0 Å². The van der Waals surface area contributed by atoms with Crippen LogP contribution in [0.3, 0.4) is 0 Å². The molecule has 2 aromatic rings. The summed E-state index contributed by atoms with van der Waals surface area (Å²) in [5.41, 5.74) is 2.78. The van der Waals surface area contributed by atoms with Crippen LogP contribution in [-0.4, -0.2) is 23.4 Å². The van der Waals surface area contributed by atoms with Gasteiger partial charge in [0, 0.05) is 29.2 Å².